The molecule has 0 unspecified atom stereocenters. The zero-order chi connectivity index (χ0) is 22.3. The quantitative estimate of drug-likeness (QED) is 0.613. The molecule has 32 heavy (non-hydrogen) atoms. The number of rotatable bonds is 4. The molecule has 0 atom stereocenters. The van der Waals surface area contributed by atoms with Gasteiger partial charge in [0, 0.05) is 35.2 Å². The molecule has 1 aliphatic carbocycles. The second-order valence-corrected chi connectivity index (χ2v) is 9.74. The summed E-state index contributed by atoms with van der Waals surface area (Å²) in [6, 6.07) is 16.1. The van der Waals surface area contributed by atoms with Gasteiger partial charge in [-0.2, -0.15) is 0 Å². The van der Waals surface area contributed by atoms with E-state index >= 15 is 0 Å². The summed E-state index contributed by atoms with van der Waals surface area (Å²) in [4.78, 5) is 8.78. The number of H-pyrrole nitrogens is 1. The van der Waals surface area contributed by atoms with E-state index in [2.05, 4.69) is 66.1 Å². The van der Waals surface area contributed by atoms with Crippen LogP contribution in [-0.4, -0.2) is 55.2 Å². The third-order valence-electron chi connectivity index (χ3n) is 8.17. The molecule has 0 radical (unpaired) electrons. The summed E-state index contributed by atoms with van der Waals surface area (Å²) in [6.45, 7) is 5.56. The number of nitrogens with one attached hydrogen (secondary N) is 1. The summed E-state index contributed by atoms with van der Waals surface area (Å²) in [6.07, 6.45) is 4.25. The lowest BCUT2D eigenvalue weighted by atomic mass is 9.66. The number of aromatic nitrogens is 1. The molecule has 2 heterocycles. The Morgan fingerprint density at radius 3 is 2.31 bits per heavy atom. The Morgan fingerprint density at radius 2 is 1.66 bits per heavy atom. The van der Waals surface area contributed by atoms with Crippen molar-refractivity contribution in [2.45, 2.75) is 43.7 Å². The molecule has 1 aromatic heterocycles. The Labute approximate surface area is 190 Å². The monoisotopic (exact) mass is 435 g/mol. The zero-order valence-corrected chi connectivity index (χ0v) is 19.5. The lowest BCUT2D eigenvalue weighted by Crippen LogP contribution is -2.57. The summed E-state index contributed by atoms with van der Waals surface area (Å²) in [5, 5.41) is 1.00. The van der Waals surface area contributed by atoms with E-state index in [4.69, 9.17) is 4.74 Å². The zero-order valence-electron chi connectivity index (χ0n) is 19.5. The maximum Gasteiger partial charge on any atom is 0.123 e. The van der Waals surface area contributed by atoms with Gasteiger partial charge in [-0.05, 0) is 76.0 Å². The first-order valence-electron chi connectivity index (χ1n) is 11.8. The van der Waals surface area contributed by atoms with Crippen molar-refractivity contribution in [1.82, 2.24) is 14.8 Å². The van der Waals surface area contributed by atoms with Crippen molar-refractivity contribution >= 4 is 10.9 Å². The van der Waals surface area contributed by atoms with E-state index < -0.39 is 0 Å². The molecule has 5 heteroatoms. The van der Waals surface area contributed by atoms with Crippen LogP contribution in [-0.2, 0) is 15.8 Å². The van der Waals surface area contributed by atoms with Crippen LogP contribution in [0.25, 0.3) is 10.9 Å². The van der Waals surface area contributed by atoms with Gasteiger partial charge in [-0.15, -0.1) is 0 Å². The van der Waals surface area contributed by atoms with Gasteiger partial charge in [0.25, 0.3) is 0 Å². The van der Waals surface area contributed by atoms with Crippen molar-refractivity contribution in [1.29, 1.82) is 0 Å². The molecule has 3 aromatic rings. The minimum Gasteiger partial charge on any atom is -0.379 e. The van der Waals surface area contributed by atoms with Gasteiger partial charge in [-0.3, -0.25) is 9.80 Å². The van der Waals surface area contributed by atoms with Gasteiger partial charge in [0.1, 0.15) is 5.82 Å². The van der Waals surface area contributed by atoms with Crippen molar-refractivity contribution in [3.05, 3.63) is 71.2 Å². The van der Waals surface area contributed by atoms with Crippen molar-refractivity contribution in [3.63, 3.8) is 0 Å². The van der Waals surface area contributed by atoms with Crippen LogP contribution in [0.5, 0.6) is 0 Å². The topological polar surface area (TPSA) is 31.5 Å². The number of aryl methyl sites for hydroxylation is 1. The predicted molar refractivity (Wildman–Crippen MR) is 127 cm³/mol. The molecule has 1 saturated carbocycles. The first-order valence-corrected chi connectivity index (χ1v) is 11.8. The highest BCUT2D eigenvalue weighted by atomic mass is 19.1. The van der Waals surface area contributed by atoms with Gasteiger partial charge in [-0.25, -0.2) is 4.39 Å². The Morgan fingerprint density at radius 1 is 0.969 bits per heavy atom. The van der Waals surface area contributed by atoms with Crippen LogP contribution in [0.3, 0.4) is 0 Å². The molecule has 2 fully saturated rings. The Balaban J connectivity index is 1.59. The summed E-state index contributed by atoms with van der Waals surface area (Å²) in [5.74, 6) is -0.175. The molecule has 0 bridgehead atoms. The third-order valence-corrected chi connectivity index (χ3v) is 8.17. The lowest BCUT2D eigenvalue weighted by molar-refractivity contribution is -0.0654. The number of hydrogen-bond donors (Lipinski definition) is 1. The molecule has 2 aliphatic rings. The van der Waals surface area contributed by atoms with Crippen LogP contribution < -0.4 is 0 Å². The van der Waals surface area contributed by atoms with Crippen molar-refractivity contribution in [2.24, 2.45) is 0 Å². The largest absolute Gasteiger partial charge is 0.379 e. The van der Waals surface area contributed by atoms with Crippen LogP contribution in [0.15, 0.2) is 48.5 Å². The molecule has 1 saturated heterocycles. The second kappa shape index (κ2) is 8.29. The van der Waals surface area contributed by atoms with Crippen LogP contribution in [0, 0.1) is 12.7 Å². The molecule has 2 aromatic carbocycles. The summed E-state index contributed by atoms with van der Waals surface area (Å²) in [7, 11) is 4.43. The Kier molecular flexibility index (Phi) is 5.60. The van der Waals surface area contributed by atoms with Crippen LogP contribution >= 0.6 is 0 Å². The van der Waals surface area contributed by atoms with Gasteiger partial charge in [-0.1, -0.05) is 30.3 Å². The molecular weight excluding hydrogens is 401 g/mol. The van der Waals surface area contributed by atoms with Gasteiger partial charge >= 0.3 is 0 Å². The summed E-state index contributed by atoms with van der Waals surface area (Å²) in [5.41, 5.74) is 4.82. The molecule has 0 amide bonds. The fourth-order valence-corrected chi connectivity index (χ4v) is 6.30. The number of aromatic amines is 1. The molecule has 1 aliphatic heterocycles. The van der Waals surface area contributed by atoms with E-state index in [-0.39, 0.29) is 16.9 Å². The van der Waals surface area contributed by atoms with Crippen LogP contribution in [0.1, 0.15) is 42.5 Å². The average molecular weight is 436 g/mol. The van der Waals surface area contributed by atoms with E-state index in [0.717, 1.165) is 62.9 Å². The highest BCUT2D eigenvalue weighted by Gasteiger charge is 2.50. The lowest BCUT2D eigenvalue weighted by Gasteiger charge is -2.54. The molecule has 170 valence electrons. The maximum atomic E-state index is 14.1. The number of hydrogen-bond acceptors (Lipinski definition) is 3. The van der Waals surface area contributed by atoms with Crippen molar-refractivity contribution in [2.75, 3.05) is 40.4 Å². The SMILES string of the molecule is Cc1c(C2(N3CCOCC3)CCC(c3ccccc3)(N(C)C)CC2)[nH]c2ccc(F)cc12. The minimum absolute atomic E-state index is 0.0308. The normalized spacial score (nSPS) is 27.3. The standard InChI is InChI=1S/C27H34FN3O/c1-20-23-19-22(28)9-10-24(23)29-25(20)27(31-15-17-32-18-16-31)13-11-26(12-14-27,30(2)3)21-7-5-4-6-8-21/h4-10,19,29H,11-18H2,1-3H3. The van der Waals surface area contributed by atoms with E-state index in [9.17, 15) is 4.39 Å². The first kappa shape index (κ1) is 21.6. The van der Waals surface area contributed by atoms with E-state index in [1.54, 1.807) is 12.1 Å². The highest BCUT2D eigenvalue weighted by molar-refractivity contribution is 5.85. The van der Waals surface area contributed by atoms with Gasteiger partial charge in [0.2, 0.25) is 0 Å². The average Bonchev–Trinajstić information content (AvgIpc) is 3.16. The fraction of sp³-hybridized carbons (Fsp3) is 0.481. The molecule has 1 N–H and O–H groups in total. The number of ether oxygens (including phenoxy) is 1. The number of fused-ring (bicyclic) bond motifs is 1. The fourth-order valence-electron chi connectivity index (χ4n) is 6.30. The smallest absolute Gasteiger partial charge is 0.123 e. The van der Waals surface area contributed by atoms with Crippen molar-refractivity contribution < 1.29 is 9.13 Å². The van der Waals surface area contributed by atoms with Crippen LogP contribution in [0.2, 0.25) is 0 Å². The van der Waals surface area contributed by atoms with Gasteiger partial charge in [0.05, 0.1) is 18.8 Å². The minimum atomic E-state index is -0.175. The second-order valence-electron chi connectivity index (χ2n) is 9.74. The summed E-state index contributed by atoms with van der Waals surface area (Å²) < 4.78 is 19.8. The molecule has 5 rings (SSSR count). The number of morpholine rings is 1. The molecular formula is C27H34FN3O. The van der Waals surface area contributed by atoms with Gasteiger partial charge < -0.3 is 9.72 Å². The molecule has 4 nitrogen and oxygen atoms in total. The van der Waals surface area contributed by atoms with E-state index in [0.29, 0.717) is 0 Å². The maximum absolute atomic E-state index is 14.1. The number of halogens is 1. The predicted octanol–water partition coefficient (Wildman–Crippen LogP) is 5.17. The Bertz CT molecular complexity index is 1080. The third kappa shape index (κ3) is 3.38. The van der Waals surface area contributed by atoms with E-state index in [1.165, 1.54) is 16.8 Å². The van der Waals surface area contributed by atoms with Crippen LogP contribution in [0.4, 0.5) is 4.39 Å². The first-order chi connectivity index (χ1) is 15.5. The highest BCUT2D eigenvalue weighted by Crippen LogP contribution is 2.52. The van der Waals surface area contributed by atoms with Gasteiger partial charge in [0.15, 0.2) is 0 Å². The summed E-state index contributed by atoms with van der Waals surface area (Å²) >= 11 is 0. The number of nitrogens with zero attached hydrogens (tertiary/aromatic N) is 2. The Hall–Kier alpha value is -2.21. The number of benzene rings is 2. The molecule has 0 spiro atoms. The van der Waals surface area contributed by atoms with E-state index in [1.807, 2.05) is 6.07 Å². The van der Waals surface area contributed by atoms with Crippen molar-refractivity contribution in [3.8, 4) is 0 Å².